The summed E-state index contributed by atoms with van der Waals surface area (Å²) in [6, 6.07) is 0. The number of carbonyl (C=O) groups excluding carboxylic acids is 3. The number of hydrogen-bond donors (Lipinski definition) is 0. The van der Waals surface area contributed by atoms with Crippen LogP contribution in [-0.4, -0.2) is 37.2 Å². The van der Waals surface area contributed by atoms with Gasteiger partial charge in [0.25, 0.3) is 0 Å². The summed E-state index contributed by atoms with van der Waals surface area (Å²) >= 11 is 0. The van der Waals surface area contributed by atoms with Gasteiger partial charge in [0.05, 0.1) is 0 Å². The third kappa shape index (κ3) is 47.6. The lowest BCUT2D eigenvalue weighted by atomic mass is 10.1. The van der Waals surface area contributed by atoms with Crippen LogP contribution in [0.5, 0.6) is 0 Å². The third-order valence-electron chi connectivity index (χ3n) is 10.7. The van der Waals surface area contributed by atoms with Crippen molar-refractivity contribution in [2.45, 2.75) is 239 Å². The molecule has 0 aliphatic heterocycles. The second-order valence-corrected chi connectivity index (χ2v) is 16.7. The molecule has 0 aromatic carbocycles. The van der Waals surface area contributed by atoms with Crippen LogP contribution in [0.15, 0.2) is 85.1 Å². The fraction of sp³-hybridized carbons (Fsp3) is 0.696. The molecule has 0 N–H and O–H groups in total. The molecule has 1 atom stereocenters. The molecule has 0 saturated carbocycles. The SMILES string of the molecule is CC/C=C\C/C=C\C/C=C\C/C=C\C/C=C\CCCCCC(=O)OCC(COC(=O)CCCCCCCCCCCC)OC(=O)CCCCCCCC/C=C\C=C/CCCCC. The van der Waals surface area contributed by atoms with E-state index in [0.29, 0.717) is 19.3 Å². The minimum Gasteiger partial charge on any atom is -0.462 e. The molecule has 0 bridgehead atoms. The number of carbonyl (C=O) groups is 3. The predicted molar refractivity (Wildman–Crippen MR) is 265 cm³/mol. The molecule has 0 rings (SSSR count). The fourth-order valence-corrected chi connectivity index (χ4v) is 6.81. The Kier molecular flexibility index (Phi) is 47.5. The second-order valence-electron chi connectivity index (χ2n) is 16.7. The zero-order chi connectivity index (χ0) is 45.1. The summed E-state index contributed by atoms with van der Waals surface area (Å²) in [5, 5.41) is 0. The summed E-state index contributed by atoms with van der Waals surface area (Å²) < 4.78 is 16.7. The van der Waals surface area contributed by atoms with E-state index in [1.807, 2.05) is 0 Å². The van der Waals surface area contributed by atoms with Gasteiger partial charge >= 0.3 is 17.9 Å². The van der Waals surface area contributed by atoms with Gasteiger partial charge in [-0.15, -0.1) is 0 Å². The number of unbranched alkanes of at least 4 members (excludes halogenated alkanes) is 21. The van der Waals surface area contributed by atoms with Gasteiger partial charge in [0, 0.05) is 19.3 Å². The van der Waals surface area contributed by atoms with Crippen molar-refractivity contribution in [2.75, 3.05) is 13.2 Å². The number of ether oxygens (including phenoxy) is 3. The highest BCUT2D eigenvalue weighted by atomic mass is 16.6. The van der Waals surface area contributed by atoms with E-state index in [0.717, 1.165) is 109 Å². The monoisotopic (exact) mass is 863 g/mol. The molecule has 1 unspecified atom stereocenters. The average molecular weight is 863 g/mol. The van der Waals surface area contributed by atoms with Crippen LogP contribution in [0, 0.1) is 0 Å². The van der Waals surface area contributed by atoms with Gasteiger partial charge in [-0.05, 0) is 89.9 Å². The van der Waals surface area contributed by atoms with E-state index in [-0.39, 0.29) is 31.1 Å². The van der Waals surface area contributed by atoms with Crippen molar-refractivity contribution in [3.05, 3.63) is 85.1 Å². The van der Waals surface area contributed by atoms with Crippen molar-refractivity contribution in [3.63, 3.8) is 0 Å². The van der Waals surface area contributed by atoms with Crippen LogP contribution in [0.25, 0.3) is 0 Å². The molecule has 6 heteroatoms. The molecule has 0 aromatic rings. The standard InChI is InChI=1S/C56H94O6/c1-4-7-10-13-16-19-22-24-26-27-28-29-31-32-34-37-40-43-46-49-55(58)61-52-53(51-60-54(57)48-45-42-39-36-21-18-15-12-9-6-3)62-56(59)50-47-44-41-38-35-33-30-25-23-20-17-14-11-8-5-2/h7,10,16-17,19-20,23-26,28-29,32,34,53H,4-6,8-9,11-15,18,21-22,27,30-31,33,35-52H2,1-3H3/b10-7-,19-16-,20-17-,25-23-,26-24-,29-28-,34-32-. The Morgan fingerprint density at radius 3 is 1.13 bits per heavy atom. The normalized spacial score (nSPS) is 12.8. The van der Waals surface area contributed by atoms with E-state index in [1.54, 1.807) is 0 Å². The van der Waals surface area contributed by atoms with E-state index in [4.69, 9.17) is 14.2 Å². The Bertz CT molecular complexity index is 1220. The predicted octanol–water partition coefficient (Wildman–Crippen LogP) is 16.8. The largest absolute Gasteiger partial charge is 0.462 e. The van der Waals surface area contributed by atoms with Crippen molar-refractivity contribution >= 4 is 17.9 Å². The molecule has 354 valence electrons. The zero-order valence-electron chi connectivity index (χ0n) is 40.4. The topological polar surface area (TPSA) is 78.9 Å². The maximum atomic E-state index is 12.8. The van der Waals surface area contributed by atoms with Crippen LogP contribution >= 0.6 is 0 Å². The first kappa shape index (κ1) is 58.6. The lowest BCUT2D eigenvalue weighted by molar-refractivity contribution is -0.167. The molecule has 0 aromatic heterocycles. The van der Waals surface area contributed by atoms with E-state index in [2.05, 4.69) is 106 Å². The highest BCUT2D eigenvalue weighted by Gasteiger charge is 2.19. The van der Waals surface area contributed by atoms with Crippen LogP contribution in [0.4, 0.5) is 0 Å². The third-order valence-corrected chi connectivity index (χ3v) is 10.7. The summed E-state index contributed by atoms with van der Waals surface area (Å²) in [5.41, 5.74) is 0. The first-order chi connectivity index (χ1) is 30.5. The summed E-state index contributed by atoms with van der Waals surface area (Å²) in [6.07, 6.45) is 64.2. The molecule has 0 amide bonds. The van der Waals surface area contributed by atoms with Crippen molar-refractivity contribution in [2.24, 2.45) is 0 Å². The van der Waals surface area contributed by atoms with E-state index in [9.17, 15) is 14.4 Å². The molecular weight excluding hydrogens is 769 g/mol. The molecule has 62 heavy (non-hydrogen) atoms. The van der Waals surface area contributed by atoms with Gasteiger partial charge in [0.15, 0.2) is 6.10 Å². The number of hydrogen-bond acceptors (Lipinski definition) is 6. The first-order valence-corrected chi connectivity index (χ1v) is 25.6. The van der Waals surface area contributed by atoms with E-state index < -0.39 is 6.10 Å². The Balaban J connectivity index is 4.43. The van der Waals surface area contributed by atoms with Crippen molar-refractivity contribution in [1.82, 2.24) is 0 Å². The lowest BCUT2D eigenvalue weighted by Gasteiger charge is -2.18. The van der Waals surface area contributed by atoms with Gasteiger partial charge < -0.3 is 14.2 Å². The smallest absolute Gasteiger partial charge is 0.306 e. The van der Waals surface area contributed by atoms with Crippen LogP contribution in [0.3, 0.4) is 0 Å². The first-order valence-electron chi connectivity index (χ1n) is 25.6. The molecule has 6 nitrogen and oxygen atoms in total. The molecule has 0 heterocycles. The molecule has 0 aliphatic rings. The fourth-order valence-electron chi connectivity index (χ4n) is 6.81. The minimum atomic E-state index is -0.794. The molecule has 0 aliphatic carbocycles. The Hall–Kier alpha value is -3.41. The van der Waals surface area contributed by atoms with Gasteiger partial charge in [-0.1, -0.05) is 209 Å². The number of allylic oxidation sites excluding steroid dienone is 14. The molecule has 0 fully saturated rings. The summed E-state index contributed by atoms with van der Waals surface area (Å²) in [7, 11) is 0. The van der Waals surface area contributed by atoms with Crippen molar-refractivity contribution in [1.29, 1.82) is 0 Å². The molecule has 0 spiro atoms. The van der Waals surface area contributed by atoms with Gasteiger partial charge in [0.1, 0.15) is 13.2 Å². The van der Waals surface area contributed by atoms with Crippen molar-refractivity contribution in [3.8, 4) is 0 Å². The molecular formula is C56H94O6. The van der Waals surface area contributed by atoms with Crippen LogP contribution in [-0.2, 0) is 28.6 Å². The zero-order valence-corrected chi connectivity index (χ0v) is 40.4. The summed E-state index contributed by atoms with van der Waals surface area (Å²) in [5.74, 6) is -0.939. The number of esters is 3. The summed E-state index contributed by atoms with van der Waals surface area (Å²) in [6.45, 7) is 6.44. The second kappa shape index (κ2) is 50.2. The molecule has 0 radical (unpaired) electrons. The maximum absolute atomic E-state index is 12.8. The van der Waals surface area contributed by atoms with Crippen molar-refractivity contribution < 1.29 is 28.6 Å². The van der Waals surface area contributed by atoms with Crippen LogP contribution in [0.1, 0.15) is 233 Å². The van der Waals surface area contributed by atoms with E-state index >= 15 is 0 Å². The van der Waals surface area contributed by atoms with Gasteiger partial charge in [-0.25, -0.2) is 0 Å². The molecule has 0 saturated heterocycles. The maximum Gasteiger partial charge on any atom is 0.306 e. The minimum absolute atomic E-state index is 0.0913. The summed E-state index contributed by atoms with van der Waals surface area (Å²) in [4.78, 5) is 37.9. The highest BCUT2D eigenvalue weighted by Crippen LogP contribution is 2.14. The number of rotatable bonds is 45. The van der Waals surface area contributed by atoms with Crippen LogP contribution in [0.2, 0.25) is 0 Å². The van der Waals surface area contributed by atoms with Gasteiger partial charge in [0.2, 0.25) is 0 Å². The Morgan fingerprint density at radius 2 is 0.677 bits per heavy atom. The Labute approximate surface area is 382 Å². The van der Waals surface area contributed by atoms with Gasteiger partial charge in [-0.3, -0.25) is 14.4 Å². The Morgan fingerprint density at radius 1 is 0.355 bits per heavy atom. The quantitative estimate of drug-likeness (QED) is 0.0199. The van der Waals surface area contributed by atoms with Crippen LogP contribution < -0.4 is 0 Å². The average Bonchev–Trinajstić information content (AvgIpc) is 3.27. The van der Waals surface area contributed by atoms with E-state index in [1.165, 1.54) is 83.5 Å². The highest BCUT2D eigenvalue weighted by molar-refractivity contribution is 5.71. The lowest BCUT2D eigenvalue weighted by Crippen LogP contribution is -2.30. The van der Waals surface area contributed by atoms with Gasteiger partial charge in [-0.2, -0.15) is 0 Å².